The van der Waals surface area contributed by atoms with E-state index in [2.05, 4.69) is 10.3 Å². The molecule has 2 aromatic carbocycles. The monoisotopic (exact) mass is 747 g/mol. The SMILES string of the molecule is CC(C)(C)OC(=O)N1CCN(S(=O)(=O)c2ccc(C(C)(C)C)cc2)C[C@@H]1C(=O)O.O=C(O)C1CN(S(=O)(=O)c2cccc3cccnc23)CCN1. The van der Waals surface area contributed by atoms with Crippen LogP contribution in [-0.4, -0.2) is 121 Å². The number of hydrogen-bond donors (Lipinski definition) is 3. The largest absolute Gasteiger partial charge is 0.480 e. The summed E-state index contributed by atoms with van der Waals surface area (Å²) in [7, 11) is -7.67. The summed E-state index contributed by atoms with van der Waals surface area (Å²) in [5, 5.41) is 22.2. The molecule has 51 heavy (non-hydrogen) atoms. The van der Waals surface area contributed by atoms with Gasteiger partial charge in [0.1, 0.15) is 22.6 Å². The van der Waals surface area contributed by atoms with Crippen molar-refractivity contribution >= 4 is 49.0 Å². The molecule has 1 unspecified atom stereocenters. The Morgan fingerprint density at radius 3 is 2.02 bits per heavy atom. The van der Waals surface area contributed by atoms with Gasteiger partial charge in [-0.15, -0.1) is 0 Å². The normalized spacial score (nSPS) is 19.5. The molecule has 0 radical (unpaired) electrons. The number of aromatic nitrogens is 1. The molecule has 2 fully saturated rings. The second-order valence-corrected chi connectivity index (χ2v) is 18.0. The molecule has 2 aliphatic heterocycles. The number of aliphatic carboxylic acids is 2. The first kappa shape index (κ1) is 39.6. The zero-order valence-corrected chi connectivity index (χ0v) is 31.1. The molecule has 15 nitrogen and oxygen atoms in total. The van der Waals surface area contributed by atoms with Crippen LogP contribution in [0.2, 0.25) is 0 Å². The third kappa shape index (κ3) is 9.39. The average molecular weight is 748 g/mol. The number of benzene rings is 2. The fraction of sp³-hybridized carbons (Fsp3) is 0.471. The third-order valence-corrected chi connectivity index (χ3v) is 12.0. The highest BCUT2D eigenvalue weighted by Crippen LogP contribution is 2.27. The van der Waals surface area contributed by atoms with Gasteiger partial charge >= 0.3 is 18.0 Å². The Balaban J connectivity index is 0.000000237. The van der Waals surface area contributed by atoms with Gasteiger partial charge in [0.05, 0.1) is 10.4 Å². The number of hydrogen-bond acceptors (Lipinski definition) is 10. The van der Waals surface area contributed by atoms with E-state index in [1.165, 1.54) is 22.5 Å². The van der Waals surface area contributed by atoms with Gasteiger partial charge in [-0.05, 0) is 56.0 Å². The lowest BCUT2D eigenvalue weighted by Gasteiger charge is -2.39. The summed E-state index contributed by atoms with van der Waals surface area (Å²) in [5.41, 5.74) is 0.499. The number of amides is 1. The smallest absolute Gasteiger partial charge is 0.411 e. The minimum Gasteiger partial charge on any atom is -0.480 e. The molecule has 2 aliphatic rings. The van der Waals surface area contributed by atoms with E-state index in [0.29, 0.717) is 12.1 Å². The molecule has 2 atom stereocenters. The Labute approximate surface area is 298 Å². The van der Waals surface area contributed by atoms with Crippen LogP contribution in [0.25, 0.3) is 10.9 Å². The van der Waals surface area contributed by atoms with Crippen molar-refractivity contribution in [3.63, 3.8) is 0 Å². The molecule has 3 N–H and O–H groups in total. The molecule has 1 amide bonds. The van der Waals surface area contributed by atoms with Crippen LogP contribution >= 0.6 is 0 Å². The van der Waals surface area contributed by atoms with Crippen LogP contribution in [0.1, 0.15) is 47.1 Å². The van der Waals surface area contributed by atoms with Crippen LogP contribution in [0, 0.1) is 0 Å². The van der Waals surface area contributed by atoms with E-state index in [1.54, 1.807) is 63.4 Å². The number of nitrogens with one attached hydrogen (secondary N) is 1. The number of rotatable bonds is 6. The number of carboxylic acid groups (broad SMARTS) is 2. The van der Waals surface area contributed by atoms with Crippen molar-refractivity contribution in [1.82, 2.24) is 23.8 Å². The second-order valence-electron chi connectivity index (χ2n) is 14.2. The van der Waals surface area contributed by atoms with Crippen LogP contribution in [0.5, 0.6) is 0 Å². The van der Waals surface area contributed by atoms with E-state index < -0.39 is 55.8 Å². The van der Waals surface area contributed by atoms with E-state index in [-0.39, 0.29) is 47.9 Å². The number of carbonyl (C=O) groups excluding carboxylic acids is 1. The van der Waals surface area contributed by atoms with Gasteiger partial charge in [0.15, 0.2) is 0 Å². The topological polar surface area (TPSA) is 204 Å². The van der Waals surface area contributed by atoms with Gasteiger partial charge in [0.2, 0.25) is 20.0 Å². The predicted molar refractivity (Wildman–Crippen MR) is 188 cm³/mol. The number of ether oxygens (including phenoxy) is 1. The van der Waals surface area contributed by atoms with Crippen LogP contribution in [0.3, 0.4) is 0 Å². The van der Waals surface area contributed by atoms with Gasteiger partial charge in [0, 0.05) is 50.9 Å². The lowest BCUT2D eigenvalue weighted by Crippen LogP contribution is -2.59. The molecule has 3 heterocycles. The molecule has 0 aliphatic carbocycles. The number of nitrogens with zero attached hydrogens (tertiary/aromatic N) is 4. The Bertz CT molecular complexity index is 1970. The molecule has 0 saturated carbocycles. The van der Waals surface area contributed by atoms with Crippen molar-refractivity contribution in [3.8, 4) is 0 Å². The zero-order valence-electron chi connectivity index (χ0n) is 29.4. The maximum atomic E-state index is 13.0. The molecular formula is C34H45N5O10S2. The Morgan fingerprint density at radius 1 is 0.804 bits per heavy atom. The molecule has 5 rings (SSSR count). The first-order chi connectivity index (χ1) is 23.6. The highest BCUT2D eigenvalue weighted by atomic mass is 32.2. The number of para-hydroxylation sites is 1. The van der Waals surface area contributed by atoms with Gasteiger partial charge in [-0.25, -0.2) is 26.4 Å². The van der Waals surface area contributed by atoms with Crippen LogP contribution in [-0.2, 0) is 39.8 Å². The van der Waals surface area contributed by atoms with Crippen molar-refractivity contribution in [2.24, 2.45) is 0 Å². The first-order valence-electron chi connectivity index (χ1n) is 16.3. The molecule has 17 heteroatoms. The van der Waals surface area contributed by atoms with Crippen molar-refractivity contribution in [2.45, 2.75) is 74.4 Å². The Hall–Kier alpha value is -4.16. The van der Waals surface area contributed by atoms with Crippen molar-refractivity contribution in [1.29, 1.82) is 0 Å². The summed E-state index contributed by atoms with van der Waals surface area (Å²) in [6.45, 7) is 11.2. The molecule has 2 saturated heterocycles. The summed E-state index contributed by atoms with van der Waals surface area (Å²) < 4.78 is 59.3. The van der Waals surface area contributed by atoms with Crippen molar-refractivity contribution in [2.75, 3.05) is 39.3 Å². The van der Waals surface area contributed by atoms with E-state index in [1.807, 2.05) is 20.8 Å². The lowest BCUT2D eigenvalue weighted by molar-refractivity contribution is -0.144. The number of piperazine rings is 2. The molecule has 1 aromatic heterocycles. The van der Waals surface area contributed by atoms with Crippen molar-refractivity contribution in [3.05, 3.63) is 66.4 Å². The number of carbonyl (C=O) groups is 3. The van der Waals surface area contributed by atoms with Gasteiger partial charge < -0.3 is 20.3 Å². The lowest BCUT2D eigenvalue weighted by atomic mass is 9.87. The summed E-state index contributed by atoms with van der Waals surface area (Å²) in [6.07, 6.45) is 0.774. The maximum Gasteiger partial charge on any atom is 0.411 e. The van der Waals surface area contributed by atoms with E-state index >= 15 is 0 Å². The van der Waals surface area contributed by atoms with E-state index in [4.69, 9.17) is 9.84 Å². The van der Waals surface area contributed by atoms with Gasteiger partial charge in [-0.2, -0.15) is 8.61 Å². The molecule has 0 spiro atoms. The highest BCUT2D eigenvalue weighted by molar-refractivity contribution is 7.89. The minimum absolute atomic E-state index is 0.00756. The number of pyridine rings is 1. The average Bonchev–Trinajstić information content (AvgIpc) is 3.07. The standard InChI is InChI=1S/C20H30N2O6S.C14H15N3O4S/c1-19(2,3)14-7-9-15(10-8-14)29(26,27)21-11-12-22(16(13-21)17(23)24)18(25)28-20(4,5)6;18-14(19)11-9-17(8-7-15-11)22(20,21)12-5-1-3-10-4-2-6-16-13(10)12/h7-10,16H,11-13H2,1-6H3,(H,23,24);1-6,11,15H,7-9H2,(H,18,19)/t16-;/m1./s1. The fourth-order valence-corrected chi connectivity index (χ4v) is 8.59. The molecule has 278 valence electrons. The number of fused-ring (bicyclic) bond motifs is 1. The van der Waals surface area contributed by atoms with Gasteiger partial charge in [0.25, 0.3) is 0 Å². The van der Waals surface area contributed by atoms with Crippen LogP contribution < -0.4 is 5.32 Å². The minimum atomic E-state index is -3.88. The van der Waals surface area contributed by atoms with Gasteiger partial charge in [-0.3, -0.25) is 14.7 Å². The van der Waals surface area contributed by atoms with Crippen LogP contribution in [0.4, 0.5) is 4.79 Å². The Kier molecular flexibility index (Phi) is 11.8. The number of sulfonamides is 2. The van der Waals surface area contributed by atoms with E-state index in [9.17, 15) is 36.3 Å². The summed E-state index contributed by atoms with van der Waals surface area (Å²) in [5.74, 6) is -2.34. The molecule has 3 aromatic rings. The molecular weight excluding hydrogens is 703 g/mol. The quantitative estimate of drug-likeness (QED) is 0.333. The van der Waals surface area contributed by atoms with Gasteiger partial charge in [-0.1, -0.05) is 51.1 Å². The third-order valence-electron chi connectivity index (χ3n) is 8.26. The summed E-state index contributed by atoms with van der Waals surface area (Å²) >= 11 is 0. The predicted octanol–water partition coefficient (Wildman–Crippen LogP) is 2.96. The zero-order chi connectivity index (χ0) is 37.9. The summed E-state index contributed by atoms with van der Waals surface area (Å²) in [4.78, 5) is 40.6. The second kappa shape index (κ2) is 15.2. The number of carboxylic acids is 2. The van der Waals surface area contributed by atoms with E-state index in [0.717, 1.165) is 20.2 Å². The maximum absolute atomic E-state index is 13.0. The van der Waals surface area contributed by atoms with Crippen LogP contribution in [0.15, 0.2) is 70.6 Å². The Morgan fingerprint density at radius 2 is 1.43 bits per heavy atom. The highest BCUT2D eigenvalue weighted by Gasteiger charge is 2.41. The summed E-state index contributed by atoms with van der Waals surface area (Å²) in [6, 6.07) is 12.9. The fourth-order valence-electron chi connectivity index (χ4n) is 5.53. The van der Waals surface area contributed by atoms with Crippen molar-refractivity contribution < 1.29 is 46.2 Å². The molecule has 0 bridgehead atoms. The first-order valence-corrected chi connectivity index (χ1v) is 19.1.